The summed E-state index contributed by atoms with van der Waals surface area (Å²) in [7, 11) is 0. The summed E-state index contributed by atoms with van der Waals surface area (Å²) in [6.45, 7) is 0. The second-order valence-electron chi connectivity index (χ2n) is 6.69. The summed E-state index contributed by atoms with van der Waals surface area (Å²) in [5.41, 5.74) is 1.82. The van der Waals surface area contributed by atoms with Crippen LogP contribution in [0.15, 0.2) is 78.5 Å². The van der Waals surface area contributed by atoms with Gasteiger partial charge in [0.05, 0.1) is 16.8 Å². The number of hydrogen-bond donors (Lipinski definition) is 2. The zero-order chi connectivity index (χ0) is 21.8. The molecule has 0 radical (unpaired) electrons. The molecule has 0 unspecified atom stereocenters. The minimum absolute atomic E-state index is 0.0726. The average Bonchev–Trinajstić information content (AvgIpc) is 3.25. The van der Waals surface area contributed by atoms with Crippen LogP contribution in [0.4, 0.5) is 11.4 Å². The highest BCUT2D eigenvalue weighted by atomic mass is 16.6. The molecule has 0 aliphatic heterocycles. The first-order chi connectivity index (χ1) is 15.0. The number of hydrogen-bond acceptors (Lipinski definition) is 5. The highest BCUT2D eigenvalue weighted by Gasteiger charge is 2.15. The van der Waals surface area contributed by atoms with Gasteiger partial charge in [-0.05, 0) is 29.0 Å². The molecule has 150 valence electrons. The van der Waals surface area contributed by atoms with Gasteiger partial charge in [0.1, 0.15) is 11.6 Å². The molecule has 31 heavy (non-hydrogen) atoms. The lowest BCUT2D eigenvalue weighted by Gasteiger charge is -2.06. The Morgan fingerprint density at radius 1 is 1.10 bits per heavy atom. The smallest absolute Gasteiger partial charge is 0.270 e. The van der Waals surface area contributed by atoms with Crippen LogP contribution in [-0.2, 0) is 4.79 Å². The van der Waals surface area contributed by atoms with Crippen molar-refractivity contribution in [2.45, 2.75) is 0 Å². The molecular formula is C23H15N5O3. The number of aromatic nitrogens is 2. The molecule has 3 aromatic carbocycles. The van der Waals surface area contributed by atoms with Gasteiger partial charge in [0.15, 0.2) is 0 Å². The van der Waals surface area contributed by atoms with Crippen molar-refractivity contribution in [3.05, 3.63) is 94.2 Å². The maximum absolute atomic E-state index is 12.7. The van der Waals surface area contributed by atoms with Gasteiger partial charge in [-0.1, -0.05) is 42.5 Å². The van der Waals surface area contributed by atoms with Crippen LogP contribution >= 0.6 is 0 Å². The van der Waals surface area contributed by atoms with Gasteiger partial charge in [-0.2, -0.15) is 10.4 Å². The lowest BCUT2D eigenvalue weighted by atomic mass is 10.1. The van der Waals surface area contributed by atoms with Gasteiger partial charge in [0.2, 0.25) is 0 Å². The zero-order valence-corrected chi connectivity index (χ0v) is 16.1. The molecule has 0 aliphatic carbocycles. The van der Waals surface area contributed by atoms with E-state index in [0.29, 0.717) is 22.5 Å². The van der Waals surface area contributed by atoms with Crippen LogP contribution in [0.25, 0.3) is 28.1 Å². The first-order valence-electron chi connectivity index (χ1n) is 9.25. The number of nitrogens with one attached hydrogen (secondary N) is 2. The van der Waals surface area contributed by atoms with Crippen molar-refractivity contribution in [2.75, 3.05) is 5.32 Å². The third-order valence-electron chi connectivity index (χ3n) is 4.69. The third-order valence-corrected chi connectivity index (χ3v) is 4.69. The molecule has 0 aliphatic rings. The number of nitrogens with zero attached hydrogens (tertiary/aromatic N) is 3. The molecule has 8 nitrogen and oxygen atoms in total. The van der Waals surface area contributed by atoms with Crippen LogP contribution in [0.3, 0.4) is 0 Å². The van der Waals surface area contributed by atoms with Crippen molar-refractivity contribution in [1.82, 2.24) is 10.2 Å². The van der Waals surface area contributed by atoms with Crippen molar-refractivity contribution in [3.63, 3.8) is 0 Å². The Bertz CT molecular complexity index is 1380. The molecule has 0 saturated carbocycles. The highest BCUT2D eigenvalue weighted by molar-refractivity contribution is 6.10. The predicted molar refractivity (Wildman–Crippen MR) is 117 cm³/mol. The van der Waals surface area contributed by atoms with Crippen molar-refractivity contribution in [1.29, 1.82) is 5.26 Å². The van der Waals surface area contributed by atoms with Gasteiger partial charge in [0.25, 0.3) is 11.6 Å². The maximum Gasteiger partial charge on any atom is 0.270 e. The van der Waals surface area contributed by atoms with Crippen LogP contribution in [-0.4, -0.2) is 21.0 Å². The Morgan fingerprint density at radius 3 is 2.68 bits per heavy atom. The van der Waals surface area contributed by atoms with Gasteiger partial charge in [0, 0.05) is 28.9 Å². The monoisotopic (exact) mass is 409 g/mol. The lowest BCUT2D eigenvalue weighted by molar-refractivity contribution is -0.384. The van der Waals surface area contributed by atoms with Gasteiger partial charge in [-0.3, -0.25) is 20.0 Å². The first-order valence-corrected chi connectivity index (χ1v) is 9.25. The number of carbonyl (C=O) groups is 1. The van der Waals surface area contributed by atoms with Gasteiger partial charge >= 0.3 is 0 Å². The maximum atomic E-state index is 12.7. The minimum atomic E-state index is -0.566. The molecular weight excluding hydrogens is 394 g/mol. The van der Waals surface area contributed by atoms with Crippen LogP contribution in [0.2, 0.25) is 0 Å². The fraction of sp³-hybridized carbons (Fsp3) is 0. The second kappa shape index (κ2) is 8.31. The number of H-pyrrole nitrogens is 1. The molecule has 1 amide bonds. The highest BCUT2D eigenvalue weighted by Crippen LogP contribution is 2.27. The van der Waals surface area contributed by atoms with E-state index in [2.05, 4.69) is 15.5 Å². The largest absolute Gasteiger partial charge is 0.321 e. The second-order valence-corrected chi connectivity index (χ2v) is 6.69. The molecule has 0 atom stereocenters. The number of non-ortho nitro benzene ring substituents is 1. The molecule has 0 spiro atoms. The van der Waals surface area contributed by atoms with Crippen LogP contribution in [0.1, 0.15) is 5.56 Å². The van der Waals surface area contributed by atoms with Crippen LogP contribution in [0, 0.1) is 21.4 Å². The molecule has 0 saturated heterocycles. The number of nitro benzene ring substituents is 1. The topological polar surface area (TPSA) is 125 Å². The quantitative estimate of drug-likeness (QED) is 0.214. The molecule has 4 rings (SSSR count). The Kier molecular flexibility index (Phi) is 5.24. The number of benzene rings is 3. The molecule has 4 aromatic rings. The van der Waals surface area contributed by atoms with E-state index in [9.17, 15) is 20.2 Å². The van der Waals surface area contributed by atoms with Gasteiger partial charge in [-0.15, -0.1) is 0 Å². The van der Waals surface area contributed by atoms with E-state index in [-0.39, 0.29) is 11.3 Å². The Morgan fingerprint density at radius 2 is 1.90 bits per heavy atom. The SMILES string of the molecule is N#C/C(=C\c1cn[nH]c1-c1cccc([N+](=O)[O-])c1)C(=O)Nc1ccc2ccccc2c1. The molecule has 1 heterocycles. The third kappa shape index (κ3) is 4.16. The molecule has 1 aromatic heterocycles. The summed E-state index contributed by atoms with van der Waals surface area (Å²) in [5, 5.41) is 32.0. The summed E-state index contributed by atoms with van der Waals surface area (Å²) >= 11 is 0. The number of nitro groups is 1. The summed E-state index contributed by atoms with van der Waals surface area (Å²) in [4.78, 5) is 23.2. The molecule has 0 bridgehead atoms. The van der Waals surface area contributed by atoms with E-state index in [1.807, 2.05) is 42.5 Å². The Balaban J connectivity index is 1.62. The Hall–Kier alpha value is -4.77. The Labute approximate surface area is 176 Å². The standard InChI is InChI=1S/C23H15N5O3/c24-13-18(23(29)26-20-9-8-15-4-1-2-5-16(15)11-20)10-19-14-25-27-22(19)17-6-3-7-21(12-17)28(30)31/h1-12,14H,(H,25,27)(H,26,29)/b18-10+. The average molecular weight is 409 g/mol. The van der Waals surface area contributed by atoms with Crippen molar-refractivity contribution in [2.24, 2.45) is 0 Å². The van der Waals surface area contributed by atoms with E-state index in [4.69, 9.17) is 0 Å². The first kappa shape index (κ1) is 19.5. The molecule has 0 fully saturated rings. The summed E-state index contributed by atoms with van der Waals surface area (Å²) < 4.78 is 0. The van der Waals surface area contributed by atoms with Crippen LogP contribution < -0.4 is 5.32 Å². The van der Waals surface area contributed by atoms with E-state index in [0.717, 1.165) is 10.8 Å². The van der Waals surface area contributed by atoms with E-state index >= 15 is 0 Å². The van der Waals surface area contributed by atoms with E-state index < -0.39 is 10.8 Å². The number of rotatable bonds is 5. The predicted octanol–water partition coefficient (Wildman–Crippen LogP) is 4.68. The molecule has 2 N–H and O–H groups in total. The number of nitriles is 1. The van der Waals surface area contributed by atoms with Crippen LogP contribution in [0.5, 0.6) is 0 Å². The number of anilines is 1. The normalized spacial score (nSPS) is 11.1. The van der Waals surface area contributed by atoms with Gasteiger partial charge in [-0.25, -0.2) is 0 Å². The van der Waals surface area contributed by atoms with E-state index in [1.165, 1.54) is 24.4 Å². The number of fused-ring (bicyclic) bond motifs is 1. The number of aromatic amines is 1. The minimum Gasteiger partial charge on any atom is -0.321 e. The lowest BCUT2D eigenvalue weighted by Crippen LogP contribution is -2.13. The number of carbonyl (C=O) groups excluding carboxylic acids is 1. The summed E-state index contributed by atoms with van der Waals surface area (Å²) in [6.07, 6.45) is 2.85. The summed E-state index contributed by atoms with van der Waals surface area (Å²) in [6, 6.07) is 21.1. The zero-order valence-electron chi connectivity index (χ0n) is 16.1. The van der Waals surface area contributed by atoms with Crippen molar-refractivity contribution in [3.8, 4) is 17.3 Å². The van der Waals surface area contributed by atoms with Gasteiger partial charge < -0.3 is 5.32 Å². The molecule has 8 heteroatoms. The number of amides is 1. The van der Waals surface area contributed by atoms with E-state index in [1.54, 1.807) is 18.2 Å². The van der Waals surface area contributed by atoms with Crippen molar-refractivity contribution < 1.29 is 9.72 Å². The summed E-state index contributed by atoms with van der Waals surface area (Å²) in [5.74, 6) is -0.566. The van der Waals surface area contributed by atoms with Crippen molar-refractivity contribution >= 4 is 34.1 Å². The fourth-order valence-electron chi connectivity index (χ4n) is 3.18. The fourth-order valence-corrected chi connectivity index (χ4v) is 3.18.